The number of carboxylic acid groups (broad SMARTS) is 1. The van der Waals surface area contributed by atoms with Gasteiger partial charge >= 0.3 is 5.97 Å². The van der Waals surface area contributed by atoms with Crippen LogP contribution in [0.3, 0.4) is 0 Å². The summed E-state index contributed by atoms with van der Waals surface area (Å²) in [5, 5.41) is 19.1. The summed E-state index contributed by atoms with van der Waals surface area (Å²) in [4.78, 5) is 11.2. The summed E-state index contributed by atoms with van der Waals surface area (Å²) >= 11 is 0.965. The zero-order chi connectivity index (χ0) is 14.5. The van der Waals surface area contributed by atoms with Gasteiger partial charge in [0.05, 0.1) is 18.4 Å². The minimum Gasteiger partial charge on any atom is -0.481 e. The van der Waals surface area contributed by atoms with Crippen LogP contribution in [0, 0.1) is 10.7 Å². The van der Waals surface area contributed by atoms with Crippen molar-refractivity contribution in [2.45, 2.75) is 11.3 Å². The molecular formula is C11H12N2O4S2. The van der Waals surface area contributed by atoms with Crippen LogP contribution < -0.4 is 4.31 Å². The summed E-state index contributed by atoms with van der Waals surface area (Å²) in [6.07, 6.45) is 0.745. The number of nitrogens with zero attached hydrogens (tertiary/aromatic N) is 2. The van der Waals surface area contributed by atoms with Crippen LogP contribution in [0.1, 0.15) is 6.42 Å². The number of hydrogen-bond acceptors (Lipinski definition) is 5. The van der Waals surface area contributed by atoms with Crippen molar-refractivity contribution in [3.8, 4) is 5.40 Å². The van der Waals surface area contributed by atoms with Gasteiger partial charge in [-0.15, -0.1) is 0 Å². The molecular weight excluding hydrogens is 288 g/mol. The van der Waals surface area contributed by atoms with Crippen molar-refractivity contribution in [3.05, 3.63) is 24.3 Å². The molecule has 19 heavy (non-hydrogen) atoms. The zero-order valence-corrected chi connectivity index (χ0v) is 11.7. The van der Waals surface area contributed by atoms with E-state index in [1.54, 1.807) is 24.3 Å². The molecule has 0 amide bonds. The summed E-state index contributed by atoms with van der Waals surface area (Å²) < 4.78 is 24.3. The normalized spacial score (nSPS) is 10.7. The lowest BCUT2D eigenvalue weighted by Gasteiger charge is -2.21. The number of carboxylic acids is 1. The Bertz CT molecular complexity index is 590. The summed E-state index contributed by atoms with van der Waals surface area (Å²) in [7, 11) is -3.54. The first-order valence-corrected chi connectivity index (χ1v) is 7.86. The summed E-state index contributed by atoms with van der Waals surface area (Å²) in [6.45, 7) is -0.126. The Morgan fingerprint density at radius 2 is 2.00 bits per heavy atom. The SMILES string of the molecule is CS(=O)(=O)N(CCC(=O)O)c1ccc(SC#N)cc1. The van der Waals surface area contributed by atoms with Gasteiger partial charge in [0, 0.05) is 11.4 Å². The van der Waals surface area contributed by atoms with E-state index in [1.165, 1.54) is 0 Å². The quantitative estimate of drug-likeness (QED) is 0.631. The molecule has 0 spiro atoms. The van der Waals surface area contributed by atoms with Gasteiger partial charge in [-0.2, -0.15) is 5.26 Å². The summed E-state index contributed by atoms with van der Waals surface area (Å²) in [5.74, 6) is -1.06. The van der Waals surface area contributed by atoms with Crippen LogP contribution in [-0.4, -0.2) is 32.3 Å². The van der Waals surface area contributed by atoms with Crippen LogP contribution in [0.2, 0.25) is 0 Å². The molecule has 0 saturated carbocycles. The Hall–Kier alpha value is -1.72. The van der Waals surface area contributed by atoms with Crippen LogP contribution in [0.25, 0.3) is 0 Å². The largest absolute Gasteiger partial charge is 0.481 e. The van der Waals surface area contributed by atoms with Crippen LogP contribution >= 0.6 is 11.8 Å². The second kappa shape index (κ2) is 6.45. The lowest BCUT2D eigenvalue weighted by Crippen LogP contribution is -2.31. The third-order valence-corrected chi connectivity index (χ3v) is 4.01. The van der Waals surface area contributed by atoms with Crippen LogP contribution in [0.15, 0.2) is 29.2 Å². The molecule has 0 unspecified atom stereocenters. The van der Waals surface area contributed by atoms with Gasteiger partial charge < -0.3 is 5.11 Å². The monoisotopic (exact) mass is 300 g/mol. The molecule has 0 fully saturated rings. The molecule has 1 aromatic carbocycles. The second-order valence-corrected chi connectivity index (χ2v) is 6.43. The van der Waals surface area contributed by atoms with Gasteiger partial charge in [-0.05, 0) is 36.0 Å². The number of aliphatic carboxylic acids is 1. The number of carbonyl (C=O) groups is 1. The average Bonchev–Trinajstić information content (AvgIpc) is 2.29. The van der Waals surface area contributed by atoms with E-state index in [-0.39, 0.29) is 13.0 Å². The molecule has 0 atom stereocenters. The predicted molar refractivity (Wildman–Crippen MR) is 72.4 cm³/mol. The standard InChI is InChI=1S/C11H12N2O4S2/c1-19(16,17)13(7-6-11(14)15)9-2-4-10(5-3-9)18-8-12/h2-5H,6-7H2,1H3,(H,14,15). The van der Waals surface area contributed by atoms with Crippen molar-refractivity contribution in [1.29, 1.82) is 5.26 Å². The molecule has 0 aliphatic carbocycles. The van der Waals surface area contributed by atoms with E-state index in [1.807, 2.05) is 5.40 Å². The van der Waals surface area contributed by atoms with Crippen LogP contribution in [0.5, 0.6) is 0 Å². The maximum Gasteiger partial charge on any atom is 0.305 e. The van der Waals surface area contributed by atoms with Gasteiger partial charge in [-0.25, -0.2) is 8.42 Å². The van der Waals surface area contributed by atoms with E-state index in [0.717, 1.165) is 22.3 Å². The Kier molecular flexibility index (Phi) is 5.20. The van der Waals surface area contributed by atoms with Crippen molar-refractivity contribution in [2.24, 2.45) is 0 Å². The Labute approximate surface area is 115 Å². The first kappa shape index (κ1) is 15.3. The van der Waals surface area contributed by atoms with E-state index in [4.69, 9.17) is 10.4 Å². The van der Waals surface area contributed by atoms with E-state index in [0.29, 0.717) is 10.6 Å². The van der Waals surface area contributed by atoms with Gasteiger partial charge in [0.25, 0.3) is 0 Å². The van der Waals surface area contributed by atoms with Gasteiger partial charge in [-0.1, -0.05) is 0 Å². The predicted octanol–water partition coefficient (Wildman–Crippen LogP) is 1.50. The molecule has 0 aliphatic rings. The molecule has 0 aliphatic heterocycles. The molecule has 1 aromatic rings. The fourth-order valence-corrected chi connectivity index (χ4v) is 2.72. The zero-order valence-electron chi connectivity index (χ0n) is 10.1. The van der Waals surface area contributed by atoms with Gasteiger partial charge in [0.1, 0.15) is 5.40 Å². The number of sulfonamides is 1. The Balaban J connectivity index is 2.98. The maximum absolute atomic E-state index is 11.6. The lowest BCUT2D eigenvalue weighted by molar-refractivity contribution is -0.136. The molecule has 0 saturated heterocycles. The molecule has 6 nitrogen and oxygen atoms in total. The number of nitriles is 1. The average molecular weight is 300 g/mol. The van der Waals surface area contributed by atoms with E-state index in [2.05, 4.69) is 0 Å². The number of rotatable bonds is 6. The molecule has 0 aromatic heterocycles. The lowest BCUT2D eigenvalue weighted by atomic mass is 10.3. The first-order chi connectivity index (χ1) is 8.84. The van der Waals surface area contributed by atoms with E-state index >= 15 is 0 Å². The van der Waals surface area contributed by atoms with Crippen molar-refractivity contribution in [2.75, 3.05) is 17.1 Å². The fourth-order valence-electron chi connectivity index (χ4n) is 1.42. The smallest absolute Gasteiger partial charge is 0.305 e. The topological polar surface area (TPSA) is 98.5 Å². The highest BCUT2D eigenvalue weighted by molar-refractivity contribution is 8.03. The third-order valence-electron chi connectivity index (χ3n) is 2.22. The number of thioether (sulfide) groups is 1. The molecule has 102 valence electrons. The molecule has 8 heteroatoms. The summed E-state index contributed by atoms with van der Waals surface area (Å²) in [6, 6.07) is 6.31. The van der Waals surface area contributed by atoms with Crippen LogP contribution in [-0.2, 0) is 14.8 Å². The van der Waals surface area contributed by atoms with E-state index < -0.39 is 16.0 Å². The number of thiocyanates is 1. The number of benzene rings is 1. The van der Waals surface area contributed by atoms with Crippen LogP contribution in [0.4, 0.5) is 5.69 Å². The fraction of sp³-hybridized carbons (Fsp3) is 0.273. The molecule has 1 N–H and O–H groups in total. The molecule has 0 bridgehead atoms. The minimum atomic E-state index is -3.54. The third kappa shape index (κ3) is 4.81. The maximum atomic E-state index is 11.6. The summed E-state index contributed by atoms with van der Waals surface area (Å²) in [5.41, 5.74) is 0.381. The molecule has 1 rings (SSSR count). The number of anilines is 1. The highest BCUT2D eigenvalue weighted by atomic mass is 32.2. The Morgan fingerprint density at radius 3 is 2.42 bits per heavy atom. The number of hydrogen-bond donors (Lipinski definition) is 1. The van der Waals surface area contributed by atoms with Gasteiger partial charge in [0.15, 0.2) is 0 Å². The van der Waals surface area contributed by atoms with Gasteiger partial charge in [0.2, 0.25) is 10.0 Å². The molecule has 0 heterocycles. The van der Waals surface area contributed by atoms with Crippen molar-refractivity contribution < 1.29 is 18.3 Å². The van der Waals surface area contributed by atoms with Crippen molar-refractivity contribution >= 4 is 33.4 Å². The highest BCUT2D eigenvalue weighted by Gasteiger charge is 2.18. The highest BCUT2D eigenvalue weighted by Crippen LogP contribution is 2.23. The van der Waals surface area contributed by atoms with Crippen molar-refractivity contribution in [1.82, 2.24) is 0 Å². The molecule has 0 radical (unpaired) electrons. The first-order valence-electron chi connectivity index (χ1n) is 5.20. The Morgan fingerprint density at radius 1 is 1.42 bits per heavy atom. The van der Waals surface area contributed by atoms with Crippen molar-refractivity contribution in [3.63, 3.8) is 0 Å². The van der Waals surface area contributed by atoms with Gasteiger partial charge in [-0.3, -0.25) is 9.10 Å². The second-order valence-electron chi connectivity index (χ2n) is 3.67. The van der Waals surface area contributed by atoms with E-state index in [9.17, 15) is 13.2 Å². The minimum absolute atomic E-state index is 0.126.